The monoisotopic (exact) mass is 338 g/mol. The first kappa shape index (κ1) is 14.7. The number of rotatable bonds is 3. The van der Waals surface area contributed by atoms with Gasteiger partial charge in [-0.15, -0.1) is 11.3 Å². The van der Waals surface area contributed by atoms with Crippen molar-refractivity contribution in [1.82, 2.24) is 24.5 Å². The molecule has 24 heavy (non-hydrogen) atoms. The van der Waals surface area contributed by atoms with Crippen molar-refractivity contribution in [2.75, 3.05) is 18.5 Å². The molecule has 0 aromatic carbocycles. The standard InChI is InChI=1S/C16H14N6OS/c1-3-21(2)14-11-12-13(24-15(11)19-8-18-14)16(23)22(9-20-12)10-5-4-6-17-7-10/h4-9H,3H2,1-2H3. The predicted octanol–water partition coefficient (Wildman–Crippen LogP) is 2.24. The Balaban J connectivity index is 2.05. The molecular formula is C16H14N6OS. The molecule has 0 saturated heterocycles. The van der Waals surface area contributed by atoms with E-state index in [1.165, 1.54) is 28.6 Å². The molecular weight excluding hydrogens is 324 g/mol. The Kier molecular flexibility index (Phi) is 3.46. The molecule has 0 aliphatic carbocycles. The number of pyridine rings is 1. The minimum Gasteiger partial charge on any atom is -0.359 e. The van der Waals surface area contributed by atoms with Crippen molar-refractivity contribution >= 4 is 37.6 Å². The van der Waals surface area contributed by atoms with E-state index in [2.05, 4.69) is 19.9 Å². The zero-order valence-corrected chi connectivity index (χ0v) is 14.0. The van der Waals surface area contributed by atoms with Gasteiger partial charge in [-0.1, -0.05) is 0 Å². The molecule has 0 atom stereocenters. The molecule has 4 aromatic heterocycles. The molecule has 0 radical (unpaired) electrons. The SMILES string of the molecule is CCN(C)c1ncnc2sc3c(=O)n(-c4cccnc4)cnc3c12. The number of thiophene rings is 1. The maximum Gasteiger partial charge on any atom is 0.276 e. The number of hydrogen-bond donors (Lipinski definition) is 0. The first-order chi connectivity index (χ1) is 11.7. The van der Waals surface area contributed by atoms with Gasteiger partial charge < -0.3 is 4.90 Å². The molecule has 4 rings (SSSR count). The smallest absolute Gasteiger partial charge is 0.276 e. The van der Waals surface area contributed by atoms with Gasteiger partial charge in [-0.3, -0.25) is 14.3 Å². The number of fused-ring (bicyclic) bond motifs is 3. The highest BCUT2D eigenvalue weighted by Gasteiger charge is 2.18. The molecule has 120 valence electrons. The lowest BCUT2D eigenvalue weighted by Gasteiger charge is -2.15. The highest BCUT2D eigenvalue weighted by atomic mass is 32.1. The molecule has 0 fully saturated rings. The van der Waals surface area contributed by atoms with Gasteiger partial charge in [0.1, 0.15) is 33.5 Å². The van der Waals surface area contributed by atoms with Crippen LogP contribution in [0.2, 0.25) is 0 Å². The molecule has 4 aromatic rings. The Hall–Kier alpha value is -2.87. The zero-order chi connectivity index (χ0) is 16.7. The van der Waals surface area contributed by atoms with Crippen molar-refractivity contribution in [3.05, 3.63) is 47.5 Å². The fourth-order valence-corrected chi connectivity index (χ4v) is 3.59. The topological polar surface area (TPSA) is 76.8 Å². The third kappa shape index (κ3) is 2.15. The Labute approximate surface area is 141 Å². The summed E-state index contributed by atoms with van der Waals surface area (Å²) in [6.07, 6.45) is 6.37. The van der Waals surface area contributed by atoms with Crippen LogP contribution in [0.15, 0.2) is 42.0 Å². The fraction of sp³-hybridized carbons (Fsp3) is 0.188. The van der Waals surface area contributed by atoms with E-state index in [4.69, 9.17) is 0 Å². The minimum atomic E-state index is -0.124. The van der Waals surface area contributed by atoms with Crippen LogP contribution in [0, 0.1) is 0 Å². The molecule has 0 N–H and O–H groups in total. The molecule has 0 bridgehead atoms. The van der Waals surface area contributed by atoms with Crippen LogP contribution in [0.5, 0.6) is 0 Å². The van der Waals surface area contributed by atoms with E-state index in [0.29, 0.717) is 15.9 Å². The van der Waals surface area contributed by atoms with E-state index in [1.807, 2.05) is 24.9 Å². The average Bonchev–Trinajstić information content (AvgIpc) is 3.02. The normalized spacial score (nSPS) is 11.2. The second-order valence-corrected chi connectivity index (χ2v) is 6.30. The molecule has 4 heterocycles. The summed E-state index contributed by atoms with van der Waals surface area (Å²) in [5, 5.41) is 0.831. The lowest BCUT2D eigenvalue weighted by atomic mass is 10.3. The third-order valence-electron chi connectivity index (χ3n) is 3.92. The summed E-state index contributed by atoms with van der Waals surface area (Å²) in [4.78, 5) is 33.0. The van der Waals surface area contributed by atoms with E-state index in [1.54, 1.807) is 18.5 Å². The van der Waals surface area contributed by atoms with Crippen LogP contribution in [0.1, 0.15) is 6.92 Å². The average molecular weight is 338 g/mol. The van der Waals surface area contributed by atoms with Crippen molar-refractivity contribution in [2.24, 2.45) is 0 Å². The van der Waals surface area contributed by atoms with Crippen LogP contribution in [0.3, 0.4) is 0 Å². The van der Waals surface area contributed by atoms with Crippen LogP contribution in [-0.2, 0) is 0 Å². The lowest BCUT2D eigenvalue weighted by molar-refractivity contribution is 0.939. The number of anilines is 1. The molecule has 0 unspecified atom stereocenters. The van der Waals surface area contributed by atoms with Crippen molar-refractivity contribution in [3.8, 4) is 5.69 Å². The highest BCUT2D eigenvalue weighted by Crippen LogP contribution is 2.34. The van der Waals surface area contributed by atoms with Crippen LogP contribution in [-0.4, -0.2) is 38.1 Å². The van der Waals surface area contributed by atoms with Gasteiger partial charge in [0.15, 0.2) is 0 Å². The van der Waals surface area contributed by atoms with Crippen LogP contribution >= 0.6 is 11.3 Å². The van der Waals surface area contributed by atoms with Crippen LogP contribution in [0.4, 0.5) is 5.82 Å². The van der Waals surface area contributed by atoms with Gasteiger partial charge in [0.05, 0.1) is 17.3 Å². The Morgan fingerprint density at radius 2 is 2.17 bits per heavy atom. The van der Waals surface area contributed by atoms with E-state index < -0.39 is 0 Å². The zero-order valence-electron chi connectivity index (χ0n) is 13.2. The maximum absolute atomic E-state index is 12.9. The molecule has 0 amide bonds. The first-order valence-corrected chi connectivity index (χ1v) is 8.28. The van der Waals surface area contributed by atoms with Gasteiger partial charge >= 0.3 is 0 Å². The van der Waals surface area contributed by atoms with E-state index in [9.17, 15) is 4.79 Å². The van der Waals surface area contributed by atoms with Crippen molar-refractivity contribution < 1.29 is 0 Å². The molecule has 0 aliphatic heterocycles. The highest BCUT2D eigenvalue weighted by molar-refractivity contribution is 7.25. The third-order valence-corrected chi connectivity index (χ3v) is 4.99. The van der Waals surface area contributed by atoms with E-state index >= 15 is 0 Å². The summed E-state index contributed by atoms with van der Waals surface area (Å²) in [7, 11) is 1.96. The van der Waals surface area contributed by atoms with E-state index in [0.717, 1.165) is 22.6 Å². The Morgan fingerprint density at radius 3 is 2.92 bits per heavy atom. The summed E-state index contributed by atoms with van der Waals surface area (Å²) < 4.78 is 2.07. The number of nitrogens with zero attached hydrogens (tertiary/aromatic N) is 6. The Bertz CT molecular complexity index is 1090. The molecule has 8 heteroatoms. The second kappa shape index (κ2) is 5.64. The maximum atomic E-state index is 12.9. The number of hydrogen-bond acceptors (Lipinski definition) is 7. The van der Waals surface area contributed by atoms with Crippen molar-refractivity contribution in [1.29, 1.82) is 0 Å². The second-order valence-electron chi connectivity index (χ2n) is 5.30. The quantitative estimate of drug-likeness (QED) is 0.570. The van der Waals surface area contributed by atoms with Gasteiger partial charge in [0.2, 0.25) is 0 Å². The summed E-state index contributed by atoms with van der Waals surface area (Å²) in [6, 6.07) is 3.61. The summed E-state index contributed by atoms with van der Waals surface area (Å²) in [5.74, 6) is 0.791. The van der Waals surface area contributed by atoms with Crippen molar-refractivity contribution in [3.63, 3.8) is 0 Å². The number of aromatic nitrogens is 5. The summed E-state index contributed by atoms with van der Waals surface area (Å²) in [6.45, 7) is 2.85. The van der Waals surface area contributed by atoms with Crippen LogP contribution < -0.4 is 10.5 Å². The van der Waals surface area contributed by atoms with E-state index in [-0.39, 0.29) is 5.56 Å². The minimum absolute atomic E-state index is 0.124. The largest absolute Gasteiger partial charge is 0.359 e. The fourth-order valence-electron chi connectivity index (χ4n) is 2.57. The lowest BCUT2D eigenvalue weighted by Crippen LogP contribution is -2.19. The van der Waals surface area contributed by atoms with Gasteiger partial charge in [0.25, 0.3) is 5.56 Å². The van der Waals surface area contributed by atoms with Gasteiger partial charge in [-0.05, 0) is 19.1 Å². The van der Waals surface area contributed by atoms with Crippen molar-refractivity contribution in [2.45, 2.75) is 6.92 Å². The molecule has 0 spiro atoms. The van der Waals surface area contributed by atoms with Gasteiger partial charge in [-0.25, -0.2) is 15.0 Å². The molecule has 0 saturated carbocycles. The van der Waals surface area contributed by atoms with Gasteiger partial charge in [0, 0.05) is 19.8 Å². The predicted molar refractivity (Wildman–Crippen MR) is 95.1 cm³/mol. The van der Waals surface area contributed by atoms with Gasteiger partial charge in [-0.2, -0.15) is 0 Å². The summed E-state index contributed by atoms with van der Waals surface area (Å²) >= 11 is 1.35. The summed E-state index contributed by atoms with van der Waals surface area (Å²) in [5.41, 5.74) is 1.21. The Morgan fingerprint density at radius 1 is 1.29 bits per heavy atom. The molecule has 7 nitrogen and oxygen atoms in total. The molecule has 0 aliphatic rings. The first-order valence-electron chi connectivity index (χ1n) is 7.47. The van der Waals surface area contributed by atoms with Crippen LogP contribution in [0.25, 0.3) is 26.1 Å².